The molecule has 4 atom stereocenters. The van der Waals surface area contributed by atoms with Crippen molar-refractivity contribution in [2.24, 2.45) is 11.8 Å². The van der Waals surface area contributed by atoms with E-state index in [4.69, 9.17) is 0 Å². The van der Waals surface area contributed by atoms with Gasteiger partial charge in [-0.05, 0) is 24.0 Å². The number of hydrogen-bond acceptors (Lipinski definition) is 5. The number of carbonyl (C=O) groups excluding carboxylic acids is 4. The van der Waals surface area contributed by atoms with Crippen molar-refractivity contribution in [1.29, 1.82) is 0 Å². The second-order valence-electron chi connectivity index (χ2n) is 10.0. The highest BCUT2D eigenvalue weighted by molar-refractivity contribution is 6.51. The second-order valence-corrected chi connectivity index (χ2v) is 10.0. The monoisotopic (exact) mass is 471 g/mol. The van der Waals surface area contributed by atoms with Crippen LogP contribution in [0.2, 0.25) is 6.82 Å². The molecule has 1 unspecified atom stereocenters. The van der Waals surface area contributed by atoms with Crippen molar-refractivity contribution in [1.82, 2.24) is 15.1 Å². The van der Waals surface area contributed by atoms with Crippen LogP contribution in [0.1, 0.15) is 54.6 Å². The van der Waals surface area contributed by atoms with Crippen molar-refractivity contribution < 1.29 is 28.6 Å². The van der Waals surface area contributed by atoms with Gasteiger partial charge < -0.3 is 20.1 Å². The van der Waals surface area contributed by atoms with Gasteiger partial charge in [0.25, 0.3) is 0 Å². The Bertz CT molecular complexity index is 1020. The van der Waals surface area contributed by atoms with Gasteiger partial charge in [0.05, 0.1) is 6.54 Å². The van der Waals surface area contributed by atoms with Gasteiger partial charge in [0.2, 0.25) is 17.7 Å². The molecule has 0 saturated carbocycles. The molecule has 0 aromatic heterocycles. The lowest BCUT2D eigenvalue weighted by Crippen LogP contribution is -2.50. The Hall–Kier alpha value is -2.75. The Labute approximate surface area is 199 Å². The number of benzene rings is 1. The van der Waals surface area contributed by atoms with E-state index >= 15 is 0 Å². The molecule has 8 nitrogen and oxygen atoms in total. The molecule has 1 aromatic rings. The van der Waals surface area contributed by atoms with E-state index in [1.54, 1.807) is 11.0 Å². The summed E-state index contributed by atoms with van der Waals surface area (Å²) in [5, 5.41) is 12.6. The van der Waals surface area contributed by atoms with Crippen LogP contribution in [0.25, 0.3) is 0 Å². The summed E-state index contributed by atoms with van der Waals surface area (Å²) in [5.41, 5.74) is 2.43. The first-order chi connectivity index (χ1) is 16.1. The molecule has 4 rings (SSSR count). The highest BCUT2D eigenvalue weighted by Gasteiger charge is 2.45. The summed E-state index contributed by atoms with van der Waals surface area (Å²) in [5.74, 6) is -2.38. The van der Waals surface area contributed by atoms with Crippen LogP contribution < -0.4 is 5.32 Å². The molecule has 2 fully saturated rings. The highest BCUT2D eigenvalue weighted by Crippen LogP contribution is 2.31. The molecule has 3 amide bonds. The van der Waals surface area contributed by atoms with Crippen LogP contribution in [-0.2, 0) is 27.5 Å². The average molecular weight is 471 g/mol. The van der Waals surface area contributed by atoms with E-state index in [1.807, 2.05) is 26.0 Å². The third kappa shape index (κ3) is 4.60. The quantitative estimate of drug-likeness (QED) is 0.481. The van der Waals surface area contributed by atoms with Crippen molar-refractivity contribution in [3.8, 4) is 0 Å². The number of nitrogens with zero attached hydrogens (tertiary/aromatic N) is 2. The summed E-state index contributed by atoms with van der Waals surface area (Å²) in [4.78, 5) is 54.1. The first-order valence-corrected chi connectivity index (χ1v) is 11.9. The minimum absolute atomic E-state index is 0.0376. The summed E-state index contributed by atoms with van der Waals surface area (Å²) < 4.78 is 13.9. The molecule has 10 heteroatoms. The predicted molar refractivity (Wildman–Crippen MR) is 123 cm³/mol. The Balaban J connectivity index is 1.39. The first kappa shape index (κ1) is 24.4. The Kier molecular flexibility index (Phi) is 6.80. The van der Waals surface area contributed by atoms with Gasteiger partial charge in [-0.25, -0.2) is 4.39 Å². The zero-order chi connectivity index (χ0) is 24.7. The minimum atomic E-state index is -1.21. The third-order valence-corrected chi connectivity index (χ3v) is 7.18. The number of rotatable bonds is 6. The summed E-state index contributed by atoms with van der Waals surface area (Å²) in [6, 6.07) is 4.69. The number of Topliss-reactive ketones (excluding diaryl/α,β-unsaturated/α-hetero) is 1. The van der Waals surface area contributed by atoms with Crippen LogP contribution in [0.4, 0.5) is 4.39 Å². The molecule has 0 aliphatic carbocycles. The predicted octanol–water partition coefficient (Wildman–Crippen LogP) is 1.35. The van der Waals surface area contributed by atoms with Gasteiger partial charge in [0.1, 0.15) is 12.2 Å². The molecule has 34 heavy (non-hydrogen) atoms. The number of halogens is 1. The molecule has 3 aliphatic rings. The van der Waals surface area contributed by atoms with Crippen LogP contribution in [0, 0.1) is 11.8 Å². The largest absolute Gasteiger partial charge is 0.449 e. The van der Waals surface area contributed by atoms with E-state index in [0.717, 1.165) is 11.1 Å². The SMILES string of the molecule is CB(O)[C@@H]1CC(F)CN1C(=O)[C@@H]1C[C@@H](CC(=O)N2Cc3cccc(C(=O)C(C)C)c3C2)C(=O)N1. The maximum absolute atomic E-state index is 13.9. The molecule has 182 valence electrons. The highest BCUT2D eigenvalue weighted by atomic mass is 19.1. The number of amides is 3. The standard InChI is InChI=1S/C24H31BFN3O5/c1-13(2)22(31)17-6-4-5-14-10-28(12-18(14)17)21(30)8-15-7-19(27-23(15)32)24(33)29-11-16(26)9-20(29)25(3)34/h4-6,13,15-16,19-20,34H,7-12H2,1-3H3,(H,27,32)/t15-,16?,19-,20-/m0/s1. The van der Waals surface area contributed by atoms with E-state index in [1.165, 1.54) is 11.7 Å². The fraction of sp³-hybridized carbons (Fsp3) is 0.583. The topological polar surface area (TPSA) is 107 Å². The Morgan fingerprint density at radius 3 is 2.65 bits per heavy atom. The number of likely N-dealkylation sites (tertiary alicyclic amines) is 1. The van der Waals surface area contributed by atoms with Gasteiger partial charge in [-0.1, -0.05) is 38.9 Å². The van der Waals surface area contributed by atoms with Crippen LogP contribution in [0.5, 0.6) is 0 Å². The summed E-state index contributed by atoms with van der Waals surface area (Å²) in [6.07, 6.45) is -1.02. The normalized spacial score (nSPS) is 26.1. The van der Waals surface area contributed by atoms with E-state index in [0.29, 0.717) is 18.7 Å². The lowest BCUT2D eigenvalue weighted by atomic mass is 9.62. The van der Waals surface area contributed by atoms with Crippen molar-refractivity contribution in [3.05, 3.63) is 34.9 Å². The smallest absolute Gasteiger partial charge is 0.309 e. The summed E-state index contributed by atoms with van der Waals surface area (Å²) >= 11 is 0. The van der Waals surface area contributed by atoms with Crippen LogP contribution in [0.15, 0.2) is 18.2 Å². The Morgan fingerprint density at radius 1 is 1.24 bits per heavy atom. The first-order valence-electron chi connectivity index (χ1n) is 11.9. The van der Waals surface area contributed by atoms with Gasteiger partial charge in [0, 0.05) is 42.9 Å². The van der Waals surface area contributed by atoms with Gasteiger partial charge in [-0.3, -0.25) is 19.2 Å². The van der Waals surface area contributed by atoms with Crippen LogP contribution >= 0.6 is 0 Å². The maximum atomic E-state index is 13.9. The third-order valence-electron chi connectivity index (χ3n) is 7.18. The number of nitrogens with one attached hydrogen (secondary N) is 1. The van der Waals surface area contributed by atoms with E-state index in [2.05, 4.69) is 5.32 Å². The van der Waals surface area contributed by atoms with Crippen LogP contribution in [-0.4, -0.2) is 69.9 Å². The molecule has 3 heterocycles. The van der Waals surface area contributed by atoms with Crippen molar-refractivity contribution in [2.75, 3.05) is 6.54 Å². The van der Waals surface area contributed by atoms with Gasteiger partial charge in [-0.15, -0.1) is 0 Å². The van der Waals surface area contributed by atoms with Gasteiger partial charge >= 0.3 is 6.92 Å². The van der Waals surface area contributed by atoms with E-state index < -0.39 is 36.9 Å². The number of alkyl halides is 1. The minimum Gasteiger partial charge on any atom is -0.449 e. The van der Waals surface area contributed by atoms with Crippen molar-refractivity contribution in [2.45, 2.75) is 71.2 Å². The van der Waals surface area contributed by atoms with Gasteiger partial charge in [-0.2, -0.15) is 0 Å². The maximum Gasteiger partial charge on any atom is 0.309 e. The molecule has 2 N–H and O–H groups in total. The van der Waals surface area contributed by atoms with Crippen molar-refractivity contribution in [3.63, 3.8) is 0 Å². The zero-order valence-electron chi connectivity index (χ0n) is 19.8. The number of hydrogen-bond donors (Lipinski definition) is 2. The van der Waals surface area contributed by atoms with E-state index in [9.17, 15) is 28.6 Å². The average Bonchev–Trinajstić information content (AvgIpc) is 3.49. The second kappa shape index (κ2) is 9.48. The number of fused-ring (bicyclic) bond motifs is 1. The van der Waals surface area contributed by atoms with Crippen LogP contribution in [0.3, 0.4) is 0 Å². The molecule has 0 spiro atoms. The van der Waals surface area contributed by atoms with E-state index in [-0.39, 0.29) is 49.3 Å². The summed E-state index contributed by atoms with van der Waals surface area (Å²) in [6.45, 7) is 4.93. The Morgan fingerprint density at radius 2 is 1.97 bits per heavy atom. The lowest BCUT2D eigenvalue weighted by molar-refractivity contribution is -0.135. The molecule has 1 aromatic carbocycles. The van der Waals surface area contributed by atoms with Gasteiger partial charge in [0.15, 0.2) is 5.78 Å². The van der Waals surface area contributed by atoms with Crippen molar-refractivity contribution >= 4 is 30.4 Å². The lowest BCUT2D eigenvalue weighted by Gasteiger charge is -2.27. The molecule has 0 bridgehead atoms. The number of carbonyl (C=O) groups is 4. The molecular formula is C24H31BFN3O5. The number of ketones is 1. The fourth-order valence-corrected chi connectivity index (χ4v) is 5.28. The molecule has 2 saturated heterocycles. The molecular weight excluding hydrogens is 440 g/mol. The molecule has 0 radical (unpaired) electrons. The fourth-order valence-electron chi connectivity index (χ4n) is 5.28. The summed E-state index contributed by atoms with van der Waals surface area (Å²) in [7, 11) is 0. The zero-order valence-corrected chi connectivity index (χ0v) is 19.8. The molecule has 3 aliphatic heterocycles.